The fraction of sp³-hybridized carbons (Fsp3) is 0.333. The standard InChI is InChI=1S/C21H23ClFN3O6S3/c1-25(10-12-34(2,29)30)20(27)14-3-5-18(16(23)13-14)26-9-7-17(21(26)28)24-35(31,32)11-8-15-4-6-19(22)33-15/h3-6,8,11,13,17,24H,7,9-10,12H2,1-2H3/b11-8+. The molecule has 1 aromatic carbocycles. The van der Waals surface area contributed by atoms with E-state index in [1.807, 2.05) is 0 Å². The van der Waals surface area contributed by atoms with Crippen molar-refractivity contribution in [3.63, 3.8) is 0 Å². The summed E-state index contributed by atoms with van der Waals surface area (Å²) in [6.45, 7) is 0.0240. The van der Waals surface area contributed by atoms with Crippen LogP contribution in [0.4, 0.5) is 10.1 Å². The van der Waals surface area contributed by atoms with Gasteiger partial charge < -0.3 is 9.80 Å². The summed E-state index contributed by atoms with van der Waals surface area (Å²) in [6, 6.07) is 5.78. The molecule has 2 amide bonds. The number of carbonyl (C=O) groups is 2. The van der Waals surface area contributed by atoms with Gasteiger partial charge in [0.25, 0.3) is 5.91 Å². The first-order valence-corrected chi connectivity index (χ1v) is 15.1. The van der Waals surface area contributed by atoms with Crippen LogP contribution in [-0.4, -0.2) is 71.7 Å². The van der Waals surface area contributed by atoms with Crippen LogP contribution in [0.2, 0.25) is 4.34 Å². The first kappa shape index (κ1) is 27.3. The molecule has 1 N–H and O–H groups in total. The molecule has 35 heavy (non-hydrogen) atoms. The van der Waals surface area contributed by atoms with Crippen LogP contribution in [0.15, 0.2) is 35.7 Å². The smallest absolute Gasteiger partial charge is 0.253 e. The quantitative estimate of drug-likeness (QED) is 0.500. The Balaban J connectivity index is 1.67. The number of hydrogen-bond donors (Lipinski definition) is 1. The van der Waals surface area contributed by atoms with Crippen LogP contribution in [-0.2, 0) is 24.7 Å². The lowest BCUT2D eigenvalue weighted by atomic mass is 10.1. The molecule has 1 aromatic heterocycles. The Morgan fingerprint density at radius 3 is 2.60 bits per heavy atom. The number of sulfonamides is 1. The van der Waals surface area contributed by atoms with Gasteiger partial charge in [-0.05, 0) is 42.8 Å². The number of carbonyl (C=O) groups excluding carboxylic acids is 2. The highest BCUT2D eigenvalue weighted by atomic mass is 35.5. The monoisotopic (exact) mass is 563 g/mol. The lowest BCUT2D eigenvalue weighted by molar-refractivity contribution is -0.118. The molecule has 9 nitrogen and oxygen atoms in total. The van der Waals surface area contributed by atoms with Crippen molar-refractivity contribution in [2.24, 2.45) is 0 Å². The zero-order valence-corrected chi connectivity index (χ0v) is 22.0. The second-order valence-electron chi connectivity index (χ2n) is 7.96. The number of benzene rings is 1. The average Bonchev–Trinajstić information content (AvgIpc) is 3.35. The van der Waals surface area contributed by atoms with E-state index >= 15 is 0 Å². The SMILES string of the molecule is CN(CCS(C)(=O)=O)C(=O)c1ccc(N2CCC(NS(=O)(=O)/C=C/c3ccc(Cl)s3)C2=O)c(F)c1. The average molecular weight is 564 g/mol. The number of sulfone groups is 1. The zero-order valence-electron chi connectivity index (χ0n) is 18.8. The lowest BCUT2D eigenvalue weighted by Crippen LogP contribution is -2.41. The molecule has 0 radical (unpaired) electrons. The molecule has 0 aliphatic carbocycles. The maximum atomic E-state index is 14.8. The number of hydrogen-bond acceptors (Lipinski definition) is 7. The van der Waals surface area contributed by atoms with Crippen LogP contribution in [0.1, 0.15) is 21.7 Å². The van der Waals surface area contributed by atoms with Crippen molar-refractivity contribution >= 4 is 66.4 Å². The summed E-state index contributed by atoms with van der Waals surface area (Å²) >= 11 is 7.02. The molecule has 2 aromatic rings. The first-order valence-electron chi connectivity index (χ1n) is 10.3. The minimum atomic E-state index is -3.95. The number of nitrogens with one attached hydrogen (secondary N) is 1. The number of amides is 2. The maximum absolute atomic E-state index is 14.8. The minimum absolute atomic E-state index is 0.00929. The third-order valence-corrected chi connectivity index (χ3v) is 8.38. The Kier molecular flexibility index (Phi) is 8.37. The molecular formula is C21H23ClFN3O6S3. The Hall–Kier alpha value is -2.32. The predicted molar refractivity (Wildman–Crippen MR) is 134 cm³/mol. The van der Waals surface area contributed by atoms with Crippen LogP contribution in [0.3, 0.4) is 0 Å². The van der Waals surface area contributed by atoms with Gasteiger partial charge in [-0.1, -0.05) is 11.6 Å². The molecule has 1 aliphatic heterocycles. The van der Waals surface area contributed by atoms with E-state index in [4.69, 9.17) is 11.6 Å². The van der Waals surface area contributed by atoms with Gasteiger partial charge in [-0.2, -0.15) is 4.72 Å². The van der Waals surface area contributed by atoms with Crippen molar-refractivity contribution < 1.29 is 30.8 Å². The molecule has 1 unspecified atom stereocenters. The van der Waals surface area contributed by atoms with Gasteiger partial charge in [0.15, 0.2) is 0 Å². The molecular weight excluding hydrogens is 541 g/mol. The molecule has 0 bridgehead atoms. The summed E-state index contributed by atoms with van der Waals surface area (Å²) in [4.78, 5) is 28.2. The van der Waals surface area contributed by atoms with Crippen LogP contribution in [0.25, 0.3) is 6.08 Å². The molecule has 1 aliphatic rings. The van der Waals surface area contributed by atoms with Crippen LogP contribution in [0, 0.1) is 5.82 Å². The minimum Gasteiger partial charge on any atom is -0.341 e. The fourth-order valence-corrected chi connectivity index (χ4v) is 6.00. The molecule has 3 rings (SSSR count). The van der Waals surface area contributed by atoms with Gasteiger partial charge in [0, 0.05) is 42.2 Å². The summed E-state index contributed by atoms with van der Waals surface area (Å²) in [5, 5.41) is 0.937. The van der Waals surface area contributed by atoms with Crippen LogP contribution < -0.4 is 9.62 Å². The highest BCUT2D eigenvalue weighted by Crippen LogP contribution is 2.27. The van der Waals surface area contributed by atoms with Gasteiger partial charge in [-0.3, -0.25) is 9.59 Å². The number of thiophene rings is 1. The molecule has 0 spiro atoms. The third-order valence-electron chi connectivity index (χ3n) is 5.15. The van der Waals surface area contributed by atoms with E-state index in [0.29, 0.717) is 9.21 Å². The topological polar surface area (TPSA) is 121 Å². The van der Waals surface area contributed by atoms with E-state index < -0.39 is 43.5 Å². The van der Waals surface area contributed by atoms with Gasteiger partial charge in [0.2, 0.25) is 15.9 Å². The molecule has 1 fully saturated rings. The van der Waals surface area contributed by atoms with Crippen molar-refractivity contribution in [1.82, 2.24) is 9.62 Å². The second-order valence-corrected chi connectivity index (χ2v) is 13.6. The second kappa shape index (κ2) is 10.7. The van der Waals surface area contributed by atoms with Crippen molar-refractivity contribution in [3.8, 4) is 0 Å². The zero-order chi connectivity index (χ0) is 26.0. The Morgan fingerprint density at radius 1 is 1.29 bits per heavy atom. The summed E-state index contributed by atoms with van der Waals surface area (Å²) in [5.41, 5.74) is -0.0965. The van der Waals surface area contributed by atoms with Crippen molar-refractivity contribution in [2.75, 3.05) is 37.0 Å². The van der Waals surface area contributed by atoms with E-state index in [0.717, 1.165) is 22.6 Å². The molecule has 14 heteroatoms. The van der Waals surface area contributed by atoms with Gasteiger partial charge in [-0.25, -0.2) is 21.2 Å². The summed E-state index contributed by atoms with van der Waals surface area (Å²) in [5.74, 6) is -2.26. The Morgan fingerprint density at radius 2 is 2.00 bits per heavy atom. The number of rotatable bonds is 9. The fourth-order valence-electron chi connectivity index (χ4n) is 3.32. The van der Waals surface area contributed by atoms with E-state index in [1.54, 1.807) is 12.1 Å². The summed E-state index contributed by atoms with van der Waals surface area (Å²) in [6.07, 6.45) is 2.54. The van der Waals surface area contributed by atoms with E-state index in [-0.39, 0.29) is 36.5 Å². The Labute approximate surface area is 212 Å². The van der Waals surface area contributed by atoms with E-state index in [1.165, 1.54) is 41.5 Å². The van der Waals surface area contributed by atoms with Gasteiger partial charge in [0.05, 0.1) is 15.8 Å². The molecule has 0 saturated carbocycles. The number of nitrogens with zero attached hydrogens (tertiary/aromatic N) is 2. The van der Waals surface area contributed by atoms with Gasteiger partial charge in [-0.15, -0.1) is 11.3 Å². The van der Waals surface area contributed by atoms with E-state index in [9.17, 15) is 30.8 Å². The Bertz CT molecular complexity index is 1370. The van der Waals surface area contributed by atoms with Crippen LogP contribution >= 0.6 is 22.9 Å². The van der Waals surface area contributed by atoms with Crippen molar-refractivity contribution in [2.45, 2.75) is 12.5 Å². The first-order chi connectivity index (χ1) is 16.3. The predicted octanol–water partition coefficient (Wildman–Crippen LogP) is 2.35. The molecule has 2 heterocycles. The maximum Gasteiger partial charge on any atom is 0.253 e. The highest BCUT2D eigenvalue weighted by Gasteiger charge is 2.36. The van der Waals surface area contributed by atoms with Gasteiger partial charge in [0.1, 0.15) is 21.7 Å². The van der Waals surface area contributed by atoms with Crippen molar-refractivity contribution in [1.29, 1.82) is 0 Å². The molecule has 190 valence electrons. The molecule has 1 atom stereocenters. The molecule has 1 saturated heterocycles. The number of halogens is 2. The normalized spacial score (nSPS) is 16.9. The number of anilines is 1. The summed E-state index contributed by atoms with van der Waals surface area (Å²) in [7, 11) is -5.82. The third kappa shape index (κ3) is 7.34. The largest absolute Gasteiger partial charge is 0.341 e. The van der Waals surface area contributed by atoms with Gasteiger partial charge >= 0.3 is 0 Å². The van der Waals surface area contributed by atoms with Crippen molar-refractivity contribution in [3.05, 3.63) is 56.3 Å². The van der Waals surface area contributed by atoms with Crippen LogP contribution in [0.5, 0.6) is 0 Å². The summed E-state index contributed by atoms with van der Waals surface area (Å²) < 4.78 is 65.0. The lowest BCUT2D eigenvalue weighted by Gasteiger charge is -2.20. The highest BCUT2D eigenvalue weighted by molar-refractivity contribution is 7.92. The van der Waals surface area contributed by atoms with E-state index in [2.05, 4.69) is 4.72 Å².